The normalized spacial score (nSPS) is 10.8. The lowest BCUT2D eigenvalue weighted by molar-refractivity contribution is -0.141. The van der Waals surface area contributed by atoms with Gasteiger partial charge < -0.3 is 19.1 Å². The summed E-state index contributed by atoms with van der Waals surface area (Å²) in [5.41, 5.74) is 0. The topological polar surface area (TPSA) is 48.0 Å². The molecule has 0 spiro atoms. The van der Waals surface area contributed by atoms with E-state index in [1.54, 1.807) is 0 Å². The minimum Gasteiger partial charge on any atom is -0.469 e. The van der Waals surface area contributed by atoms with Crippen LogP contribution in [0.15, 0.2) is 0 Å². The predicted molar refractivity (Wildman–Crippen MR) is 66.1 cm³/mol. The molecule has 5 nitrogen and oxygen atoms in total. The zero-order valence-electron chi connectivity index (χ0n) is 11.2. The largest absolute Gasteiger partial charge is 0.469 e. The van der Waals surface area contributed by atoms with E-state index in [-0.39, 0.29) is 5.97 Å². The fourth-order valence-corrected chi connectivity index (χ4v) is 1.29. The molecule has 17 heavy (non-hydrogen) atoms. The maximum atomic E-state index is 10.7. The molecule has 0 heterocycles. The van der Waals surface area contributed by atoms with Crippen LogP contribution in [-0.4, -0.2) is 64.5 Å². The lowest BCUT2D eigenvalue weighted by atomic mass is 10.4. The summed E-state index contributed by atoms with van der Waals surface area (Å²) in [5.74, 6) is -0.243. The van der Waals surface area contributed by atoms with Crippen LogP contribution in [0, 0.1) is 0 Å². The van der Waals surface area contributed by atoms with Crippen molar-refractivity contribution in [3.8, 4) is 0 Å². The predicted octanol–water partition coefficient (Wildman–Crippen LogP) is 0.925. The van der Waals surface area contributed by atoms with Crippen LogP contribution in [0.25, 0.3) is 0 Å². The third-order valence-electron chi connectivity index (χ3n) is 2.27. The first-order valence-corrected chi connectivity index (χ1v) is 6.11. The standard InChI is InChI=1S/C12H25NO4/c1-4-6-13(2)7-9-17-11-10-16-8-5-12(14)15-3/h4-11H2,1-3H3. The van der Waals surface area contributed by atoms with E-state index in [0.717, 1.165) is 26.1 Å². The lowest BCUT2D eigenvalue weighted by Gasteiger charge is -2.15. The van der Waals surface area contributed by atoms with E-state index in [1.807, 2.05) is 0 Å². The third kappa shape index (κ3) is 11.6. The number of hydrogen-bond acceptors (Lipinski definition) is 5. The van der Waals surface area contributed by atoms with E-state index in [9.17, 15) is 4.79 Å². The molecular formula is C12H25NO4. The molecule has 102 valence electrons. The second-order valence-electron chi connectivity index (χ2n) is 3.85. The van der Waals surface area contributed by atoms with Crippen molar-refractivity contribution < 1.29 is 19.0 Å². The van der Waals surface area contributed by atoms with Crippen molar-refractivity contribution in [2.45, 2.75) is 19.8 Å². The minimum absolute atomic E-state index is 0.243. The summed E-state index contributed by atoms with van der Waals surface area (Å²) < 4.78 is 15.1. The van der Waals surface area contributed by atoms with E-state index < -0.39 is 0 Å². The molecule has 0 fully saturated rings. The molecule has 0 atom stereocenters. The molecule has 0 aromatic carbocycles. The van der Waals surface area contributed by atoms with Gasteiger partial charge in [-0.2, -0.15) is 0 Å². The van der Waals surface area contributed by atoms with E-state index in [4.69, 9.17) is 9.47 Å². The summed E-state index contributed by atoms with van der Waals surface area (Å²) in [4.78, 5) is 13.0. The maximum Gasteiger partial charge on any atom is 0.307 e. The zero-order chi connectivity index (χ0) is 12.9. The Morgan fingerprint density at radius 2 is 1.71 bits per heavy atom. The van der Waals surface area contributed by atoms with Gasteiger partial charge in [-0.05, 0) is 20.0 Å². The van der Waals surface area contributed by atoms with Gasteiger partial charge in [0.05, 0.1) is 40.0 Å². The average molecular weight is 247 g/mol. The SMILES string of the molecule is CCCN(C)CCOCCOCCC(=O)OC. The Balaban J connectivity index is 3.11. The monoisotopic (exact) mass is 247 g/mol. The molecule has 5 heteroatoms. The molecule has 0 rings (SSSR count). The van der Waals surface area contributed by atoms with Crippen LogP contribution >= 0.6 is 0 Å². The van der Waals surface area contributed by atoms with Gasteiger partial charge in [0.2, 0.25) is 0 Å². The maximum absolute atomic E-state index is 10.7. The molecule has 0 aromatic heterocycles. The number of nitrogens with zero attached hydrogens (tertiary/aromatic N) is 1. The van der Waals surface area contributed by atoms with E-state index in [2.05, 4.69) is 23.6 Å². The highest BCUT2D eigenvalue weighted by Gasteiger charge is 1.99. The van der Waals surface area contributed by atoms with Gasteiger partial charge in [0.15, 0.2) is 0 Å². The van der Waals surface area contributed by atoms with Crippen LogP contribution < -0.4 is 0 Å². The minimum atomic E-state index is -0.243. The third-order valence-corrected chi connectivity index (χ3v) is 2.27. The summed E-state index contributed by atoms with van der Waals surface area (Å²) in [6.45, 7) is 6.40. The van der Waals surface area contributed by atoms with Gasteiger partial charge in [-0.1, -0.05) is 6.92 Å². The van der Waals surface area contributed by atoms with E-state index >= 15 is 0 Å². The number of carbonyl (C=O) groups is 1. The van der Waals surface area contributed by atoms with Crippen molar-refractivity contribution in [3.63, 3.8) is 0 Å². The van der Waals surface area contributed by atoms with Crippen LogP contribution in [0.1, 0.15) is 19.8 Å². The smallest absolute Gasteiger partial charge is 0.307 e. The highest BCUT2D eigenvalue weighted by atomic mass is 16.5. The molecular weight excluding hydrogens is 222 g/mol. The Morgan fingerprint density at radius 1 is 1.06 bits per heavy atom. The molecule has 0 saturated heterocycles. The molecule has 0 aliphatic rings. The molecule has 0 saturated carbocycles. The number of esters is 1. The molecule has 0 bridgehead atoms. The number of ether oxygens (including phenoxy) is 3. The van der Waals surface area contributed by atoms with Gasteiger partial charge in [-0.15, -0.1) is 0 Å². The highest BCUT2D eigenvalue weighted by Crippen LogP contribution is 1.88. The molecule has 0 unspecified atom stereocenters. The van der Waals surface area contributed by atoms with Crippen molar-refractivity contribution in [2.24, 2.45) is 0 Å². The molecule has 0 aliphatic heterocycles. The van der Waals surface area contributed by atoms with Crippen molar-refractivity contribution in [1.82, 2.24) is 4.90 Å². The van der Waals surface area contributed by atoms with Crippen LogP contribution in [0.5, 0.6) is 0 Å². The second-order valence-corrected chi connectivity index (χ2v) is 3.85. The highest BCUT2D eigenvalue weighted by molar-refractivity contribution is 5.69. The second kappa shape index (κ2) is 11.8. The Labute approximate surface area is 104 Å². The quantitative estimate of drug-likeness (QED) is 0.401. The van der Waals surface area contributed by atoms with Crippen LogP contribution in [0.4, 0.5) is 0 Å². The molecule has 0 N–H and O–H groups in total. The number of methoxy groups -OCH3 is 1. The molecule has 0 amide bonds. The summed E-state index contributed by atoms with van der Waals surface area (Å²) in [6, 6.07) is 0. The van der Waals surface area contributed by atoms with Crippen molar-refractivity contribution >= 4 is 5.97 Å². The Hall–Kier alpha value is -0.650. The van der Waals surface area contributed by atoms with E-state index in [1.165, 1.54) is 7.11 Å². The fourth-order valence-electron chi connectivity index (χ4n) is 1.29. The molecule has 0 aliphatic carbocycles. The van der Waals surface area contributed by atoms with Crippen LogP contribution in [-0.2, 0) is 19.0 Å². The van der Waals surface area contributed by atoms with Gasteiger partial charge >= 0.3 is 5.97 Å². The number of carbonyl (C=O) groups excluding carboxylic acids is 1. The average Bonchev–Trinajstić information content (AvgIpc) is 2.32. The number of rotatable bonds is 11. The molecule has 0 aromatic rings. The van der Waals surface area contributed by atoms with Crippen LogP contribution in [0.3, 0.4) is 0 Å². The number of hydrogen-bond donors (Lipinski definition) is 0. The van der Waals surface area contributed by atoms with Gasteiger partial charge in [0.25, 0.3) is 0 Å². The van der Waals surface area contributed by atoms with Gasteiger partial charge in [-0.3, -0.25) is 4.79 Å². The Bertz CT molecular complexity index is 187. The first-order valence-electron chi connectivity index (χ1n) is 6.11. The first-order chi connectivity index (χ1) is 8.20. The first kappa shape index (κ1) is 16.4. The van der Waals surface area contributed by atoms with Crippen molar-refractivity contribution in [1.29, 1.82) is 0 Å². The van der Waals surface area contributed by atoms with Gasteiger partial charge in [0.1, 0.15) is 0 Å². The van der Waals surface area contributed by atoms with Crippen molar-refractivity contribution in [2.75, 3.05) is 53.7 Å². The zero-order valence-corrected chi connectivity index (χ0v) is 11.2. The van der Waals surface area contributed by atoms with Gasteiger partial charge in [0, 0.05) is 6.54 Å². The Kier molecular flexibility index (Phi) is 11.4. The summed E-state index contributed by atoms with van der Waals surface area (Å²) in [5, 5.41) is 0. The molecule has 0 radical (unpaired) electrons. The summed E-state index contributed by atoms with van der Waals surface area (Å²) >= 11 is 0. The Morgan fingerprint density at radius 3 is 2.29 bits per heavy atom. The summed E-state index contributed by atoms with van der Waals surface area (Å²) in [7, 11) is 3.46. The number of likely N-dealkylation sites (N-methyl/N-ethyl adjacent to an activating group) is 1. The van der Waals surface area contributed by atoms with Crippen molar-refractivity contribution in [3.05, 3.63) is 0 Å². The van der Waals surface area contributed by atoms with Gasteiger partial charge in [-0.25, -0.2) is 0 Å². The summed E-state index contributed by atoms with van der Waals surface area (Å²) in [6.07, 6.45) is 1.46. The fraction of sp³-hybridized carbons (Fsp3) is 0.917. The lowest BCUT2D eigenvalue weighted by Crippen LogP contribution is -2.24. The van der Waals surface area contributed by atoms with E-state index in [0.29, 0.717) is 26.2 Å². The van der Waals surface area contributed by atoms with Crippen LogP contribution in [0.2, 0.25) is 0 Å².